The Bertz CT molecular complexity index is 767. The van der Waals surface area contributed by atoms with Crippen molar-refractivity contribution in [2.75, 3.05) is 17.6 Å². The van der Waals surface area contributed by atoms with Crippen LogP contribution in [0.5, 0.6) is 0 Å². The lowest BCUT2D eigenvalue weighted by molar-refractivity contribution is 0.0697. The monoisotopic (exact) mass is 407 g/mol. The van der Waals surface area contributed by atoms with Crippen LogP contribution in [0.4, 0.5) is 5.69 Å². The average Bonchev–Trinajstić information content (AvgIpc) is 2.70. The van der Waals surface area contributed by atoms with Crippen LogP contribution in [-0.2, 0) is 5.41 Å². The van der Waals surface area contributed by atoms with Crippen LogP contribution in [0.2, 0.25) is 0 Å². The summed E-state index contributed by atoms with van der Waals surface area (Å²) in [5.74, 6) is -0.281. The molecule has 5 nitrogen and oxygen atoms in total. The molecule has 2 rings (SSSR count). The second kappa shape index (κ2) is 10.0. The van der Waals surface area contributed by atoms with Gasteiger partial charge in [0.15, 0.2) is 0 Å². The molecule has 0 saturated heterocycles. The summed E-state index contributed by atoms with van der Waals surface area (Å²) in [6, 6.07) is 12.8. The lowest BCUT2D eigenvalue weighted by atomic mass is 9.73. The summed E-state index contributed by atoms with van der Waals surface area (Å²) < 4.78 is 18.4. The highest BCUT2D eigenvalue weighted by Crippen LogP contribution is 2.41. The van der Waals surface area contributed by atoms with Crippen molar-refractivity contribution in [1.29, 1.82) is 0 Å². The highest BCUT2D eigenvalue weighted by Gasteiger charge is 2.30. The van der Waals surface area contributed by atoms with Crippen molar-refractivity contribution >= 4 is 35.7 Å². The molecule has 2 aromatic carbocycles. The zero-order valence-electron chi connectivity index (χ0n) is 15.4. The standard InChI is InChI=1S/C20H25NO4S2/c1-3-20(2,15-7-5-14(6-8-15)19(22)23)17-13-16(27-25)9-10-18(17)21-11-4-12-26-24/h5-10,13,21,24-25H,3-4,11-12H2,1-2H3,(H,22,23). The fourth-order valence-electron chi connectivity index (χ4n) is 3.08. The Morgan fingerprint density at radius 3 is 2.41 bits per heavy atom. The maximum atomic E-state index is 11.2. The average molecular weight is 408 g/mol. The Morgan fingerprint density at radius 2 is 1.85 bits per heavy atom. The summed E-state index contributed by atoms with van der Waals surface area (Å²) in [5, 5.41) is 12.6. The smallest absolute Gasteiger partial charge is 0.335 e. The minimum atomic E-state index is -0.942. The molecule has 0 spiro atoms. The van der Waals surface area contributed by atoms with Gasteiger partial charge in [-0.3, -0.25) is 0 Å². The molecule has 0 bridgehead atoms. The number of rotatable bonds is 10. The van der Waals surface area contributed by atoms with E-state index >= 15 is 0 Å². The molecule has 27 heavy (non-hydrogen) atoms. The van der Waals surface area contributed by atoms with Crippen molar-refractivity contribution in [3.05, 3.63) is 59.2 Å². The minimum absolute atomic E-state index is 0.261. The molecule has 0 fully saturated rings. The number of carbonyl (C=O) groups is 1. The molecule has 0 heterocycles. The number of hydrogen-bond donors (Lipinski definition) is 4. The molecule has 146 valence electrons. The molecule has 0 aliphatic heterocycles. The number of carboxylic acids is 1. The van der Waals surface area contributed by atoms with Crippen molar-refractivity contribution in [1.82, 2.24) is 0 Å². The van der Waals surface area contributed by atoms with Crippen molar-refractivity contribution < 1.29 is 19.0 Å². The van der Waals surface area contributed by atoms with Crippen LogP contribution in [0.25, 0.3) is 0 Å². The fraction of sp³-hybridized carbons (Fsp3) is 0.350. The summed E-state index contributed by atoms with van der Waals surface area (Å²) in [5.41, 5.74) is 2.95. The van der Waals surface area contributed by atoms with Crippen molar-refractivity contribution in [3.63, 3.8) is 0 Å². The van der Waals surface area contributed by atoms with Gasteiger partial charge in [-0.15, -0.1) is 0 Å². The van der Waals surface area contributed by atoms with E-state index in [1.165, 1.54) is 0 Å². The fourth-order valence-corrected chi connectivity index (χ4v) is 3.65. The number of benzene rings is 2. The van der Waals surface area contributed by atoms with E-state index in [4.69, 9.17) is 9.66 Å². The van der Waals surface area contributed by atoms with E-state index in [1.807, 2.05) is 30.3 Å². The molecule has 0 saturated carbocycles. The maximum absolute atomic E-state index is 11.2. The van der Waals surface area contributed by atoms with Crippen LogP contribution in [-0.4, -0.2) is 32.5 Å². The van der Waals surface area contributed by atoms with Gasteiger partial charge >= 0.3 is 5.97 Å². The molecule has 0 aliphatic carbocycles. The number of hydrogen-bond acceptors (Lipinski definition) is 6. The first kappa shape index (κ1) is 21.6. The van der Waals surface area contributed by atoms with Gasteiger partial charge in [-0.05, 0) is 66.3 Å². The summed E-state index contributed by atoms with van der Waals surface area (Å²) >= 11 is 1.54. The van der Waals surface area contributed by atoms with Gasteiger partial charge in [0, 0.05) is 40.3 Å². The third-order valence-electron chi connectivity index (χ3n) is 4.89. The molecule has 2 aromatic rings. The molecule has 4 N–H and O–H groups in total. The van der Waals surface area contributed by atoms with Crippen LogP contribution in [0, 0.1) is 0 Å². The lowest BCUT2D eigenvalue weighted by Crippen LogP contribution is -2.25. The van der Waals surface area contributed by atoms with Crippen LogP contribution >= 0.6 is 24.1 Å². The highest BCUT2D eigenvalue weighted by molar-refractivity contribution is 7.93. The molecule has 0 amide bonds. The Hall–Kier alpha value is -1.67. The van der Waals surface area contributed by atoms with Gasteiger partial charge in [-0.25, -0.2) is 4.79 Å². The van der Waals surface area contributed by atoms with E-state index in [2.05, 4.69) is 19.2 Å². The SMILES string of the molecule is CCC(C)(c1ccc(C(=O)O)cc1)c1cc(SO)ccc1NCCCSO. The molecule has 0 radical (unpaired) electrons. The zero-order valence-corrected chi connectivity index (χ0v) is 17.1. The van der Waals surface area contributed by atoms with E-state index in [0.29, 0.717) is 17.8 Å². The summed E-state index contributed by atoms with van der Waals surface area (Å²) in [4.78, 5) is 11.9. The van der Waals surface area contributed by atoms with Crippen molar-refractivity contribution in [3.8, 4) is 0 Å². The summed E-state index contributed by atoms with van der Waals surface area (Å²) in [6.07, 6.45) is 1.63. The molecule has 0 aliphatic rings. The van der Waals surface area contributed by atoms with Crippen LogP contribution < -0.4 is 5.32 Å². The lowest BCUT2D eigenvalue weighted by Gasteiger charge is -2.32. The molecular formula is C20H25NO4S2. The van der Waals surface area contributed by atoms with E-state index in [9.17, 15) is 9.35 Å². The summed E-state index contributed by atoms with van der Waals surface area (Å²) in [6.45, 7) is 4.94. The number of nitrogens with one attached hydrogen (secondary N) is 1. The second-order valence-corrected chi connectivity index (χ2v) is 7.80. The quantitative estimate of drug-likeness (QED) is 0.298. The van der Waals surface area contributed by atoms with Crippen LogP contribution in [0.15, 0.2) is 47.4 Å². The Balaban J connectivity index is 2.44. The van der Waals surface area contributed by atoms with Gasteiger partial charge in [0.25, 0.3) is 0 Å². The van der Waals surface area contributed by atoms with Gasteiger partial charge in [0.05, 0.1) is 5.56 Å². The molecule has 1 unspecified atom stereocenters. The highest BCUT2D eigenvalue weighted by atomic mass is 32.2. The van der Waals surface area contributed by atoms with Crippen molar-refractivity contribution in [2.45, 2.75) is 37.0 Å². The topological polar surface area (TPSA) is 89.8 Å². The number of aromatic carboxylic acids is 1. The van der Waals surface area contributed by atoms with E-state index in [-0.39, 0.29) is 11.0 Å². The first-order valence-electron chi connectivity index (χ1n) is 8.76. The van der Waals surface area contributed by atoms with Crippen LogP contribution in [0.3, 0.4) is 0 Å². The number of anilines is 1. The largest absolute Gasteiger partial charge is 0.478 e. The maximum Gasteiger partial charge on any atom is 0.335 e. The van der Waals surface area contributed by atoms with Gasteiger partial charge in [0.1, 0.15) is 0 Å². The van der Waals surface area contributed by atoms with Gasteiger partial charge in [0.2, 0.25) is 0 Å². The predicted molar refractivity (Wildman–Crippen MR) is 113 cm³/mol. The molecular weight excluding hydrogens is 382 g/mol. The van der Waals surface area contributed by atoms with Crippen molar-refractivity contribution in [2.24, 2.45) is 0 Å². The van der Waals surface area contributed by atoms with Gasteiger partial charge in [-0.2, -0.15) is 0 Å². The zero-order chi connectivity index (χ0) is 19.9. The number of carboxylic acid groups (broad SMARTS) is 1. The Labute approximate surface area is 168 Å². The van der Waals surface area contributed by atoms with Gasteiger partial charge < -0.3 is 19.5 Å². The van der Waals surface area contributed by atoms with E-state index in [1.54, 1.807) is 12.1 Å². The first-order valence-corrected chi connectivity index (χ1v) is 10.5. The summed E-state index contributed by atoms with van der Waals surface area (Å²) in [7, 11) is 0. The predicted octanol–water partition coefficient (Wildman–Crippen LogP) is 5.67. The Kier molecular flexibility index (Phi) is 8.04. The Morgan fingerprint density at radius 1 is 1.15 bits per heavy atom. The molecule has 7 heteroatoms. The normalized spacial score (nSPS) is 13.2. The molecule has 1 atom stereocenters. The molecule has 0 aromatic heterocycles. The second-order valence-electron chi connectivity index (χ2n) is 6.48. The van der Waals surface area contributed by atoms with E-state index in [0.717, 1.165) is 53.1 Å². The third-order valence-corrected chi connectivity index (χ3v) is 5.83. The van der Waals surface area contributed by atoms with Gasteiger partial charge in [-0.1, -0.05) is 26.0 Å². The third kappa shape index (κ3) is 5.19. The van der Waals surface area contributed by atoms with Crippen LogP contribution in [0.1, 0.15) is 48.2 Å². The first-order chi connectivity index (χ1) is 13.0. The van der Waals surface area contributed by atoms with E-state index < -0.39 is 5.97 Å². The minimum Gasteiger partial charge on any atom is -0.478 e.